The molecule has 0 radical (unpaired) electrons. The van der Waals surface area contributed by atoms with Gasteiger partial charge in [0.1, 0.15) is 0 Å². The van der Waals surface area contributed by atoms with Crippen molar-refractivity contribution in [2.24, 2.45) is 0 Å². The maximum absolute atomic E-state index is 12.0. The number of hydrogen-bond donors (Lipinski definition) is 1. The molecule has 1 aromatic carbocycles. The Morgan fingerprint density at radius 2 is 2.24 bits per heavy atom. The zero-order valence-electron chi connectivity index (χ0n) is 9.63. The number of nitrogens with two attached hydrogens (primary N) is 1. The van der Waals surface area contributed by atoms with E-state index in [1.807, 2.05) is 0 Å². The Labute approximate surface area is 102 Å². The molecule has 1 aliphatic heterocycles. The summed E-state index contributed by atoms with van der Waals surface area (Å²) >= 11 is 0. The van der Waals surface area contributed by atoms with Gasteiger partial charge in [0.2, 0.25) is 0 Å². The predicted octanol–water partition coefficient (Wildman–Crippen LogP) is 1.61. The van der Waals surface area contributed by atoms with Gasteiger partial charge >= 0.3 is 0 Å². The maximum Gasteiger partial charge on any atom is 0.178 e. The molecule has 1 saturated heterocycles. The van der Waals surface area contributed by atoms with E-state index in [0.717, 1.165) is 19.4 Å². The molecule has 1 fully saturated rings. The van der Waals surface area contributed by atoms with Crippen molar-refractivity contribution in [1.29, 1.82) is 0 Å². The van der Waals surface area contributed by atoms with Crippen molar-refractivity contribution >= 4 is 15.5 Å². The average Bonchev–Trinajstić information content (AvgIpc) is 2.79. The van der Waals surface area contributed by atoms with Gasteiger partial charge < -0.3 is 10.5 Å². The molecule has 1 atom stereocenters. The lowest BCUT2D eigenvalue weighted by molar-refractivity contribution is 0.109. The van der Waals surface area contributed by atoms with Gasteiger partial charge in [-0.3, -0.25) is 0 Å². The summed E-state index contributed by atoms with van der Waals surface area (Å²) in [5.41, 5.74) is 6.06. The summed E-state index contributed by atoms with van der Waals surface area (Å²) in [4.78, 5) is 0.301. The van der Waals surface area contributed by atoms with E-state index >= 15 is 0 Å². The lowest BCUT2D eigenvalue weighted by atomic mass is 10.2. The number of hydrogen-bond acceptors (Lipinski definition) is 4. The van der Waals surface area contributed by atoms with E-state index in [2.05, 4.69) is 0 Å². The third-order valence-corrected chi connectivity index (χ3v) is 4.70. The molecule has 1 unspecified atom stereocenters. The van der Waals surface area contributed by atoms with Crippen molar-refractivity contribution in [3.05, 3.63) is 24.3 Å². The van der Waals surface area contributed by atoms with E-state index in [1.165, 1.54) is 6.07 Å². The molecule has 1 aromatic rings. The Bertz CT molecular complexity index is 478. The van der Waals surface area contributed by atoms with Gasteiger partial charge in [-0.1, -0.05) is 6.07 Å². The number of nitrogen functional groups attached to an aromatic ring is 1. The molecule has 5 heteroatoms. The lowest BCUT2D eigenvalue weighted by Crippen LogP contribution is -2.14. The van der Waals surface area contributed by atoms with Crippen molar-refractivity contribution in [3.63, 3.8) is 0 Å². The van der Waals surface area contributed by atoms with Gasteiger partial charge in [0.25, 0.3) is 0 Å². The van der Waals surface area contributed by atoms with Crippen LogP contribution < -0.4 is 5.73 Å². The largest absolute Gasteiger partial charge is 0.399 e. The normalized spacial score (nSPS) is 20.6. The smallest absolute Gasteiger partial charge is 0.178 e. The van der Waals surface area contributed by atoms with E-state index in [-0.39, 0.29) is 11.9 Å². The highest BCUT2D eigenvalue weighted by Gasteiger charge is 2.20. The highest BCUT2D eigenvalue weighted by molar-refractivity contribution is 7.91. The first-order valence-electron chi connectivity index (χ1n) is 5.78. The molecule has 0 saturated carbocycles. The molecular weight excluding hydrogens is 238 g/mol. The molecule has 4 nitrogen and oxygen atoms in total. The second-order valence-electron chi connectivity index (χ2n) is 4.32. The van der Waals surface area contributed by atoms with Crippen LogP contribution in [0.25, 0.3) is 0 Å². The summed E-state index contributed by atoms with van der Waals surface area (Å²) in [6.07, 6.45) is 2.66. The van der Waals surface area contributed by atoms with Crippen LogP contribution in [0.15, 0.2) is 29.2 Å². The summed E-state index contributed by atoms with van der Waals surface area (Å²) < 4.78 is 29.5. The maximum atomic E-state index is 12.0. The van der Waals surface area contributed by atoms with Crippen LogP contribution in [-0.4, -0.2) is 26.9 Å². The molecule has 0 aromatic heterocycles. The van der Waals surface area contributed by atoms with Crippen LogP contribution >= 0.6 is 0 Å². The summed E-state index contributed by atoms with van der Waals surface area (Å²) in [5.74, 6) is 0.126. The van der Waals surface area contributed by atoms with Crippen LogP contribution in [0, 0.1) is 0 Å². The number of sulfone groups is 1. The molecule has 0 bridgehead atoms. The van der Waals surface area contributed by atoms with Crippen LogP contribution in [0.3, 0.4) is 0 Å². The average molecular weight is 255 g/mol. The highest BCUT2D eigenvalue weighted by Crippen LogP contribution is 2.20. The van der Waals surface area contributed by atoms with E-state index in [0.29, 0.717) is 17.0 Å². The third-order valence-electron chi connectivity index (χ3n) is 2.95. The van der Waals surface area contributed by atoms with Crippen LogP contribution in [0.2, 0.25) is 0 Å². The molecule has 2 rings (SSSR count). The first-order valence-corrected chi connectivity index (χ1v) is 7.43. The van der Waals surface area contributed by atoms with Gasteiger partial charge in [0.15, 0.2) is 9.84 Å². The molecule has 0 amide bonds. The fourth-order valence-electron chi connectivity index (χ4n) is 1.98. The molecule has 17 heavy (non-hydrogen) atoms. The van der Waals surface area contributed by atoms with Gasteiger partial charge in [-0.05, 0) is 37.5 Å². The summed E-state index contributed by atoms with van der Waals surface area (Å²) in [5, 5.41) is 0. The fraction of sp³-hybridized carbons (Fsp3) is 0.500. The number of rotatable bonds is 4. The van der Waals surface area contributed by atoms with Crippen LogP contribution in [0.4, 0.5) is 5.69 Å². The van der Waals surface area contributed by atoms with E-state index in [9.17, 15) is 8.42 Å². The molecule has 0 aliphatic carbocycles. The van der Waals surface area contributed by atoms with Crippen molar-refractivity contribution in [2.45, 2.75) is 30.3 Å². The zero-order chi connectivity index (χ0) is 12.3. The van der Waals surface area contributed by atoms with E-state index < -0.39 is 9.84 Å². The molecule has 1 aliphatic rings. The second kappa shape index (κ2) is 5.06. The van der Waals surface area contributed by atoms with Crippen LogP contribution in [0.1, 0.15) is 19.3 Å². The summed E-state index contributed by atoms with van der Waals surface area (Å²) in [6.45, 7) is 0.753. The minimum atomic E-state index is -3.23. The van der Waals surface area contributed by atoms with Crippen molar-refractivity contribution < 1.29 is 13.2 Å². The van der Waals surface area contributed by atoms with Crippen LogP contribution in [0.5, 0.6) is 0 Å². The molecular formula is C12H17NO3S. The second-order valence-corrected chi connectivity index (χ2v) is 6.42. The van der Waals surface area contributed by atoms with Gasteiger partial charge in [0.05, 0.1) is 16.8 Å². The van der Waals surface area contributed by atoms with Crippen LogP contribution in [-0.2, 0) is 14.6 Å². The monoisotopic (exact) mass is 255 g/mol. The summed E-state index contributed by atoms with van der Waals surface area (Å²) in [7, 11) is -3.23. The minimum absolute atomic E-state index is 0.103. The topological polar surface area (TPSA) is 69.4 Å². The van der Waals surface area contributed by atoms with Gasteiger partial charge in [0, 0.05) is 12.3 Å². The Kier molecular flexibility index (Phi) is 3.69. The highest BCUT2D eigenvalue weighted by atomic mass is 32.2. The molecule has 0 spiro atoms. The Morgan fingerprint density at radius 3 is 2.88 bits per heavy atom. The summed E-state index contributed by atoms with van der Waals surface area (Å²) in [6, 6.07) is 6.43. The van der Waals surface area contributed by atoms with E-state index in [4.69, 9.17) is 10.5 Å². The number of ether oxygens (including phenoxy) is 1. The SMILES string of the molecule is Nc1cccc(S(=O)(=O)CCC2CCCO2)c1. The van der Waals surface area contributed by atoms with Gasteiger partial charge in [-0.2, -0.15) is 0 Å². The van der Waals surface area contributed by atoms with E-state index in [1.54, 1.807) is 18.2 Å². The van der Waals surface area contributed by atoms with Crippen molar-refractivity contribution in [3.8, 4) is 0 Å². The predicted molar refractivity (Wildman–Crippen MR) is 66.5 cm³/mol. The van der Waals surface area contributed by atoms with Gasteiger partial charge in [-0.15, -0.1) is 0 Å². The molecule has 2 N–H and O–H groups in total. The molecule has 1 heterocycles. The Morgan fingerprint density at radius 1 is 1.41 bits per heavy atom. The standard InChI is InChI=1S/C12H17NO3S/c13-10-3-1-5-12(9-10)17(14,15)8-6-11-4-2-7-16-11/h1,3,5,9,11H,2,4,6-8,13H2. The first-order chi connectivity index (χ1) is 8.08. The first kappa shape index (κ1) is 12.4. The van der Waals surface area contributed by atoms with Crippen molar-refractivity contribution in [1.82, 2.24) is 0 Å². The van der Waals surface area contributed by atoms with Crippen molar-refractivity contribution in [2.75, 3.05) is 18.1 Å². The Hall–Kier alpha value is -1.07. The Balaban J connectivity index is 2.03. The fourth-order valence-corrected chi connectivity index (χ4v) is 3.39. The number of anilines is 1. The minimum Gasteiger partial charge on any atom is -0.399 e. The lowest BCUT2D eigenvalue weighted by Gasteiger charge is -2.09. The quantitative estimate of drug-likeness (QED) is 0.830. The van der Waals surface area contributed by atoms with Gasteiger partial charge in [-0.25, -0.2) is 8.42 Å². The third kappa shape index (κ3) is 3.20. The molecule has 94 valence electrons. The zero-order valence-corrected chi connectivity index (χ0v) is 10.4. The number of benzene rings is 1.